The summed E-state index contributed by atoms with van der Waals surface area (Å²) in [6.07, 6.45) is 1.10. The predicted octanol–water partition coefficient (Wildman–Crippen LogP) is 4.39. The molecule has 4 nitrogen and oxygen atoms in total. The van der Waals surface area contributed by atoms with Gasteiger partial charge in [-0.2, -0.15) is 0 Å². The summed E-state index contributed by atoms with van der Waals surface area (Å²) in [7, 11) is 0. The molecule has 126 valence electrons. The molecule has 2 aromatic rings. The van der Waals surface area contributed by atoms with Crippen molar-refractivity contribution in [3.8, 4) is 0 Å². The molecule has 0 radical (unpaired) electrons. The molecule has 24 heavy (non-hydrogen) atoms. The van der Waals surface area contributed by atoms with E-state index in [9.17, 15) is 9.59 Å². The van der Waals surface area contributed by atoms with Gasteiger partial charge in [0.25, 0.3) is 0 Å². The van der Waals surface area contributed by atoms with E-state index in [0.717, 1.165) is 27.8 Å². The van der Waals surface area contributed by atoms with Crippen LogP contribution >= 0.6 is 15.9 Å². The van der Waals surface area contributed by atoms with Gasteiger partial charge in [-0.05, 0) is 42.3 Å². The number of carbonyl (C=O) groups is 2. The fourth-order valence-electron chi connectivity index (χ4n) is 2.47. The third-order valence-corrected chi connectivity index (χ3v) is 4.28. The SMILES string of the molecule is CCc1ccccc1NC(=O)CCN(C(C)=O)c1ccc(Br)cc1. The standard InChI is InChI=1S/C19H21BrN2O2/c1-3-15-6-4-5-7-18(15)21-19(24)12-13-22(14(2)23)17-10-8-16(20)9-11-17/h4-11H,3,12-13H2,1-2H3,(H,21,24). The van der Waals surface area contributed by atoms with E-state index in [-0.39, 0.29) is 18.2 Å². The first-order valence-electron chi connectivity index (χ1n) is 7.92. The van der Waals surface area contributed by atoms with Crippen molar-refractivity contribution in [1.82, 2.24) is 0 Å². The number of hydrogen-bond donors (Lipinski definition) is 1. The molecule has 0 spiro atoms. The first kappa shape index (κ1) is 18.2. The summed E-state index contributed by atoms with van der Waals surface area (Å²) >= 11 is 3.38. The highest BCUT2D eigenvalue weighted by Gasteiger charge is 2.14. The van der Waals surface area contributed by atoms with E-state index in [1.807, 2.05) is 48.5 Å². The summed E-state index contributed by atoms with van der Waals surface area (Å²) in [5.41, 5.74) is 2.72. The fraction of sp³-hybridized carbons (Fsp3) is 0.263. The van der Waals surface area contributed by atoms with Crippen LogP contribution in [0.1, 0.15) is 25.8 Å². The number of benzene rings is 2. The van der Waals surface area contributed by atoms with E-state index < -0.39 is 0 Å². The monoisotopic (exact) mass is 388 g/mol. The summed E-state index contributed by atoms with van der Waals surface area (Å²) in [4.78, 5) is 25.7. The molecular weight excluding hydrogens is 368 g/mol. The predicted molar refractivity (Wildman–Crippen MR) is 101 cm³/mol. The zero-order valence-corrected chi connectivity index (χ0v) is 15.5. The van der Waals surface area contributed by atoms with Gasteiger partial charge in [0.1, 0.15) is 0 Å². The minimum absolute atomic E-state index is 0.0842. The zero-order valence-electron chi connectivity index (χ0n) is 13.9. The van der Waals surface area contributed by atoms with Crippen molar-refractivity contribution in [1.29, 1.82) is 0 Å². The molecule has 0 unspecified atom stereocenters. The van der Waals surface area contributed by atoms with Crippen LogP contribution in [-0.2, 0) is 16.0 Å². The first-order chi connectivity index (χ1) is 11.5. The number of amides is 2. The minimum Gasteiger partial charge on any atom is -0.326 e. The second-order valence-electron chi connectivity index (χ2n) is 5.46. The van der Waals surface area contributed by atoms with Crippen LogP contribution in [0.5, 0.6) is 0 Å². The van der Waals surface area contributed by atoms with Gasteiger partial charge in [-0.3, -0.25) is 9.59 Å². The number of carbonyl (C=O) groups excluding carboxylic acids is 2. The van der Waals surface area contributed by atoms with Crippen molar-refractivity contribution in [2.45, 2.75) is 26.7 Å². The Bertz CT molecular complexity index is 714. The zero-order chi connectivity index (χ0) is 17.5. The molecule has 0 saturated heterocycles. The quantitative estimate of drug-likeness (QED) is 0.797. The Morgan fingerprint density at radius 2 is 1.75 bits per heavy atom. The molecule has 2 amide bonds. The number of hydrogen-bond acceptors (Lipinski definition) is 2. The van der Waals surface area contributed by atoms with Crippen LogP contribution in [0.3, 0.4) is 0 Å². The summed E-state index contributed by atoms with van der Waals surface area (Å²) in [6, 6.07) is 15.2. The second kappa shape index (κ2) is 8.64. The van der Waals surface area contributed by atoms with Crippen LogP contribution in [0.25, 0.3) is 0 Å². The number of rotatable bonds is 6. The van der Waals surface area contributed by atoms with Gasteiger partial charge in [-0.15, -0.1) is 0 Å². The normalized spacial score (nSPS) is 10.3. The average Bonchev–Trinajstić information content (AvgIpc) is 2.57. The lowest BCUT2D eigenvalue weighted by atomic mass is 10.1. The molecule has 0 aliphatic carbocycles. The maximum atomic E-state index is 12.2. The minimum atomic E-state index is -0.0979. The van der Waals surface area contributed by atoms with E-state index in [0.29, 0.717) is 6.54 Å². The molecule has 0 atom stereocenters. The lowest BCUT2D eigenvalue weighted by Gasteiger charge is -2.21. The Kier molecular flexibility index (Phi) is 6.55. The van der Waals surface area contributed by atoms with Crippen LogP contribution in [0.4, 0.5) is 11.4 Å². The number of nitrogens with one attached hydrogen (secondary N) is 1. The number of halogens is 1. The Morgan fingerprint density at radius 1 is 1.08 bits per heavy atom. The van der Waals surface area contributed by atoms with Crippen molar-refractivity contribution in [2.24, 2.45) is 0 Å². The average molecular weight is 389 g/mol. The van der Waals surface area contributed by atoms with E-state index in [1.54, 1.807) is 4.90 Å². The molecule has 0 heterocycles. The van der Waals surface area contributed by atoms with Gasteiger partial charge in [0.05, 0.1) is 0 Å². The molecule has 0 aliphatic heterocycles. The molecule has 0 aliphatic rings. The maximum Gasteiger partial charge on any atom is 0.226 e. The summed E-state index contributed by atoms with van der Waals surface area (Å²) in [5.74, 6) is -0.182. The lowest BCUT2D eigenvalue weighted by Crippen LogP contribution is -2.32. The first-order valence-corrected chi connectivity index (χ1v) is 8.72. The van der Waals surface area contributed by atoms with Crippen molar-refractivity contribution >= 4 is 39.1 Å². The van der Waals surface area contributed by atoms with Gasteiger partial charge < -0.3 is 10.2 Å². The smallest absolute Gasteiger partial charge is 0.226 e. The molecule has 0 fully saturated rings. The van der Waals surface area contributed by atoms with E-state index in [4.69, 9.17) is 0 Å². The van der Waals surface area contributed by atoms with Crippen LogP contribution in [-0.4, -0.2) is 18.4 Å². The Hall–Kier alpha value is -2.14. The number of anilines is 2. The molecule has 0 bridgehead atoms. The Labute approximate surface area is 151 Å². The highest BCUT2D eigenvalue weighted by atomic mass is 79.9. The summed E-state index contributed by atoms with van der Waals surface area (Å²) in [6.45, 7) is 3.90. The van der Waals surface area contributed by atoms with Crippen molar-refractivity contribution < 1.29 is 9.59 Å². The summed E-state index contributed by atoms with van der Waals surface area (Å²) < 4.78 is 0.948. The number of para-hydroxylation sites is 1. The summed E-state index contributed by atoms with van der Waals surface area (Å²) in [5, 5.41) is 2.93. The van der Waals surface area contributed by atoms with Crippen molar-refractivity contribution in [2.75, 3.05) is 16.8 Å². The fourth-order valence-corrected chi connectivity index (χ4v) is 2.73. The molecule has 2 aromatic carbocycles. The Morgan fingerprint density at radius 3 is 2.38 bits per heavy atom. The van der Waals surface area contributed by atoms with E-state index >= 15 is 0 Å². The molecule has 5 heteroatoms. The molecular formula is C19H21BrN2O2. The highest BCUT2D eigenvalue weighted by Crippen LogP contribution is 2.19. The molecule has 2 rings (SSSR count). The number of aryl methyl sites for hydroxylation is 1. The van der Waals surface area contributed by atoms with Crippen molar-refractivity contribution in [3.05, 3.63) is 58.6 Å². The van der Waals surface area contributed by atoms with Gasteiger partial charge in [0.2, 0.25) is 11.8 Å². The highest BCUT2D eigenvalue weighted by molar-refractivity contribution is 9.10. The van der Waals surface area contributed by atoms with Gasteiger partial charge in [0, 0.05) is 35.7 Å². The van der Waals surface area contributed by atoms with Gasteiger partial charge in [0.15, 0.2) is 0 Å². The topological polar surface area (TPSA) is 49.4 Å². The van der Waals surface area contributed by atoms with E-state index in [2.05, 4.69) is 28.2 Å². The molecule has 1 N–H and O–H groups in total. The van der Waals surface area contributed by atoms with Gasteiger partial charge >= 0.3 is 0 Å². The van der Waals surface area contributed by atoms with E-state index in [1.165, 1.54) is 6.92 Å². The lowest BCUT2D eigenvalue weighted by molar-refractivity contribution is -0.117. The number of nitrogens with zero attached hydrogens (tertiary/aromatic N) is 1. The van der Waals surface area contributed by atoms with Crippen LogP contribution < -0.4 is 10.2 Å². The van der Waals surface area contributed by atoms with Crippen molar-refractivity contribution in [3.63, 3.8) is 0 Å². The Balaban J connectivity index is 2.00. The molecule has 0 aromatic heterocycles. The third-order valence-electron chi connectivity index (χ3n) is 3.75. The third kappa shape index (κ3) is 4.93. The van der Waals surface area contributed by atoms with Gasteiger partial charge in [-0.25, -0.2) is 0 Å². The van der Waals surface area contributed by atoms with Gasteiger partial charge in [-0.1, -0.05) is 41.1 Å². The van der Waals surface area contributed by atoms with Crippen LogP contribution in [0, 0.1) is 0 Å². The maximum absolute atomic E-state index is 12.2. The van der Waals surface area contributed by atoms with Crippen LogP contribution in [0.2, 0.25) is 0 Å². The van der Waals surface area contributed by atoms with Crippen LogP contribution in [0.15, 0.2) is 53.0 Å². The largest absolute Gasteiger partial charge is 0.326 e. The molecule has 0 saturated carbocycles. The second-order valence-corrected chi connectivity index (χ2v) is 6.37.